The van der Waals surface area contributed by atoms with Crippen molar-refractivity contribution >= 4 is 11.8 Å². The molecular formula is C19H26N4O4. The van der Waals surface area contributed by atoms with E-state index in [0.717, 1.165) is 37.3 Å². The van der Waals surface area contributed by atoms with Crippen LogP contribution in [0.3, 0.4) is 0 Å². The van der Waals surface area contributed by atoms with Gasteiger partial charge in [-0.05, 0) is 51.2 Å². The molecular weight excluding hydrogens is 348 g/mol. The highest BCUT2D eigenvalue weighted by Crippen LogP contribution is 2.22. The van der Waals surface area contributed by atoms with Crippen molar-refractivity contribution in [2.24, 2.45) is 5.92 Å². The number of carbonyl (C=O) groups is 2. The van der Waals surface area contributed by atoms with Crippen molar-refractivity contribution < 1.29 is 18.6 Å². The minimum absolute atomic E-state index is 0.0109. The van der Waals surface area contributed by atoms with Gasteiger partial charge in [-0.2, -0.15) is 0 Å². The molecule has 0 saturated carbocycles. The average molecular weight is 374 g/mol. The fraction of sp³-hybridized carbons (Fsp3) is 0.579. The first kappa shape index (κ1) is 19.1. The third kappa shape index (κ3) is 5.42. The Morgan fingerprint density at radius 3 is 2.85 bits per heavy atom. The van der Waals surface area contributed by atoms with Gasteiger partial charge in [0.15, 0.2) is 0 Å². The minimum Gasteiger partial charge on any atom is -0.465 e. The molecule has 8 nitrogen and oxygen atoms in total. The lowest BCUT2D eigenvalue weighted by atomic mass is 9.93. The molecule has 1 N–H and O–H groups in total. The van der Waals surface area contributed by atoms with Gasteiger partial charge in [0.1, 0.15) is 22.9 Å². The van der Waals surface area contributed by atoms with Crippen LogP contribution in [0.2, 0.25) is 0 Å². The highest BCUT2D eigenvalue weighted by Gasteiger charge is 2.25. The predicted octanol–water partition coefficient (Wildman–Crippen LogP) is 2.16. The van der Waals surface area contributed by atoms with Gasteiger partial charge in [-0.3, -0.25) is 9.59 Å². The van der Waals surface area contributed by atoms with Crippen LogP contribution in [-0.2, 0) is 22.6 Å². The molecule has 2 aromatic heterocycles. The van der Waals surface area contributed by atoms with Gasteiger partial charge in [-0.25, -0.2) is 4.63 Å². The van der Waals surface area contributed by atoms with Crippen molar-refractivity contribution in [3.8, 4) is 0 Å². The number of nitrogens with zero attached hydrogens (tertiary/aromatic N) is 3. The summed E-state index contributed by atoms with van der Waals surface area (Å²) in [5, 5.41) is 10.4. The number of aryl methyl sites for hydroxylation is 2. The summed E-state index contributed by atoms with van der Waals surface area (Å²) in [4.78, 5) is 26.4. The second kappa shape index (κ2) is 8.83. The third-order valence-electron chi connectivity index (χ3n) is 4.97. The van der Waals surface area contributed by atoms with Gasteiger partial charge >= 0.3 is 0 Å². The van der Waals surface area contributed by atoms with E-state index in [4.69, 9.17) is 4.42 Å². The number of hydrogen-bond acceptors (Lipinski definition) is 6. The van der Waals surface area contributed by atoms with E-state index >= 15 is 0 Å². The first-order chi connectivity index (χ1) is 13.0. The Hall–Kier alpha value is -2.64. The summed E-state index contributed by atoms with van der Waals surface area (Å²) < 4.78 is 10.1. The fourth-order valence-corrected chi connectivity index (χ4v) is 3.38. The van der Waals surface area contributed by atoms with Crippen molar-refractivity contribution in [2.75, 3.05) is 13.1 Å². The molecule has 1 fully saturated rings. The van der Waals surface area contributed by atoms with Crippen LogP contribution < -0.4 is 5.32 Å². The van der Waals surface area contributed by atoms with Gasteiger partial charge in [-0.15, -0.1) is 0 Å². The number of rotatable bonds is 7. The highest BCUT2D eigenvalue weighted by molar-refractivity contribution is 5.78. The maximum absolute atomic E-state index is 12.5. The molecule has 27 heavy (non-hydrogen) atoms. The normalized spacial score (nSPS) is 17.1. The van der Waals surface area contributed by atoms with Gasteiger partial charge in [0, 0.05) is 19.5 Å². The lowest BCUT2D eigenvalue weighted by Gasteiger charge is -2.32. The van der Waals surface area contributed by atoms with Crippen LogP contribution in [-0.4, -0.2) is 40.1 Å². The van der Waals surface area contributed by atoms with Gasteiger partial charge < -0.3 is 14.6 Å². The zero-order valence-corrected chi connectivity index (χ0v) is 15.9. The number of nitrogens with one attached hydrogen (secondary N) is 1. The smallest absolute Gasteiger partial charge is 0.228 e. The number of amides is 2. The fourth-order valence-electron chi connectivity index (χ4n) is 3.38. The van der Waals surface area contributed by atoms with Crippen LogP contribution in [0.25, 0.3) is 0 Å². The van der Waals surface area contributed by atoms with Crippen molar-refractivity contribution in [3.63, 3.8) is 0 Å². The Bertz CT molecular complexity index is 782. The molecule has 1 aliphatic heterocycles. The molecule has 0 radical (unpaired) electrons. The van der Waals surface area contributed by atoms with Gasteiger partial charge in [0.05, 0.1) is 13.0 Å². The molecule has 8 heteroatoms. The molecule has 146 valence electrons. The predicted molar refractivity (Wildman–Crippen MR) is 96.6 cm³/mol. The van der Waals surface area contributed by atoms with Crippen LogP contribution in [0, 0.1) is 19.8 Å². The molecule has 0 aliphatic carbocycles. The number of hydrogen-bond donors (Lipinski definition) is 1. The zero-order valence-electron chi connectivity index (χ0n) is 15.9. The van der Waals surface area contributed by atoms with E-state index in [1.54, 1.807) is 6.92 Å². The molecule has 1 saturated heterocycles. The van der Waals surface area contributed by atoms with E-state index in [1.807, 2.05) is 24.0 Å². The van der Waals surface area contributed by atoms with Gasteiger partial charge in [0.2, 0.25) is 11.8 Å². The first-order valence-electron chi connectivity index (χ1n) is 9.39. The summed E-state index contributed by atoms with van der Waals surface area (Å²) in [6.07, 6.45) is 3.44. The van der Waals surface area contributed by atoms with Crippen LogP contribution in [0.5, 0.6) is 0 Å². The van der Waals surface area contributed by atoms with E-state index in [1.165, 1.54) is 0 Å². The summed E-state index contributed by atoms with van der Waals surface area (Å²) in [6, 6.07) is 3.75. The van der Waals surface area contributed by atoms with Crippen LogP contribution in [0.1, 0.15) is 48.6 Å². The van der Waals surface area contributed by atoms with E-state index in [0.29, 0.717) is 36.8 Å². The zero-order chi connectivity index (χ0) is 19.2. The van der Waals surface area contributed by atoms with Crippen molar-refractivity contribution in [2.45, 2.75) is 52.5 Å². The van der Waals surface area contributed by atoms with Crippen LogP contribution in [0.4, 0.5) is 0 Å². The molecule has 2 amide bonds. The Balaban J connectivity index is 1.40. The standard InChI is InChI=1S/C19H26N4O4/c1-13-5-7-16(26-13)11-20-18(24)8-6-15-4-3-9-23(12-15)19(25)10-17-14(2)21-27-22-17/h5,7,15H,3-4,6,8-12H2,1-2H3,(H,20,24). The SMILES string of the molecule is Cc1ccc(CNC(=O)CCC2CCCN(C(=O)Cc3nonc3C)C2)o1. The molecule has 0 aromatic carbocycles. The lowest BCUT2D eigenvalue weighted by Crippen LogP contribution is -2.41. The molecule has 3 heterocycles. The summed E-state index contributed by atoms with van der Waals surface area (Å²) in [5.41, 5.74) is 1.25. The lowest BCUT2D eigenvalue weighted by molar-refractivity contribution is -0.132. The second-order valence-corrected chi connectivity index (χ2v) is 7.15. The summed E-state index contributed by atoms with van der Waals surface area (Å²) in [7, 11) is 0. The van der Waals surface area contributed by atoms with Crippen LogP contribution >= 0.6 is 0 Å². The van der Waals surface area contributed by atoms with Gasteiger partial charge in [0.25, 0.3) is 0 Å². The van der Waals surface area contributed by atoms with Crippen LogP contribution in [0.15, 0.2) is 21.2 Å². The summed E-state index contributed by atoms with van der Waals surface area (Å²) in [5.74, 6) is 1.99. The Kier molecular flexibility index (Phi) is 6.26. The molecule has 1 unspecified atom stereocenters. The number of piperidine rings is 1. The quantitative estimate of drug-likeness (QED) is 0.797. The minimum atomic E-state index is 0.0109. The number of furan rings is 1. The van der Waals surface area contributed by atoms with E-state index in [2.05, 4.69) is 20.3 Å². The molecule has 3 rings (SSSR count). The molecule has 1 atom stereocenters. The van der Waals surface area contributed by atoms with E-state index in [-0.39, 0.29) is 18.2 Å². The Labute approximate surface area is 158 Å². The summed E-state index contributed by atoms with van der Waals surface area (Å²) in [6.45, 7) is 5.51. The monoisotopic (exact) mass is 374 g/mol. The van der Waals surface area contributed by atoms with Crippen molar-refractivity contribution in [1.82, 2.24) is 20.5 Å². The average Bonchev–Trinajstić information content (AvgIpc) is 3.26. The second-order valence-electron chi connectivity index (χ2n) is 7.15. The third-order valence-corrected chi connectivity index (χ3v) is 4.97. The largest absolute Gasteiger partial charge is 0.465 e. The van der Waals surface area contributed by atoms with E-state index < -0.39 is 0 Å². The van der Waals surface area contributed by atoms with Crippen molar-refractivity contribution in [1.29, 1.82) is 0 Å². The van der Waals surface area contributed by atoms with E-state index in [9.17, 15) is 9.59 Å². The Morgan fingerprint density at radius 1 is 1.30 bits per heavy atom. The molecule has 1 aliphatic rings. The number of aromatic nitrogens is 2. The maximum Gasteiger partial charge on any atom is 0.228 e. The topological polar surface area (TPSA) is 101 Å². The van der Waals surface area contributed by atoms with Gasteiger partial charge in [-0.1, -0.05) is 10.3 Å². The number of carbonyl (C=O) groups excluding carboxylic acids is 2. The highest BCUT2D eigenvalue weighted by atomic mass is 16.6. The molecule has 0 spiro atoms. The summed E-state index contributed by atoms with van der Waals surface area (Å²) >= 11 is 0. The number of likely N-dealkylation sites (tertiary alicyclic amines) is 1. The first-order valence-corrected chi connectivity index (χ1v) is 9.39. The maximum atomic E-state index is 12.5. The molecule has 2 aromatic rings. The Morgan fingerprint density at radius 2 is 2.15 bits per heavy atom. The van der Waals surface area contributed by atoms with Crippen molar-refractivity contribution in [3.05, 3.63) is 35.0 Å². The molecule has 0 bridgehead atoms.